The predicted molar refractivity (Wildman–Crippen MR) is 51.0 cm³/mol. The van der Waals surface area contributed by atoms with Gasteiger partial charge in [-0.2, -0.15) is 26.3 Å². The Labute approximate surface area is 102 Å². The van der Waals surface area contributed by atoms with Gasteiger partial charge in [-0.3, -0.25) is 4.79 Å². The third kappa shape index (κ3) is 4.04. The average molecular weight is 287 g/mol. The lowest BCUT2D eigenvalue weighted by Gasteiger charge is -2.11. The van der Waals surface area contributed by atoms with E-state index in [0.29, 0.717) is 12.1 Å². The van der Waals surface area contributed by atoms with Crippen molar-refractivity contribution in [1.82, 2.24) is 5.32 Å². The molecule has 0 aromatic heterocycles. The second kappa shape index (κ2) is 4.98. The van der Waals surface area contributed by atoms with Crippen LogP contribution in [0.25, 0.3) is 0 Å². The molecule has 0 bridgehead atoms. The highest BCUT2D eigenvalue weighted by Gasteiger charge is 2.38. The second-order valence-corrected chi connectivity index (χ2v) is 3.53. The van der Waals surface area contributed by atoms with Crippen LogP contribution in [-0.2, 0) is 17.5 Å². The molecule has 1 amide bonds. The van der Waals surface area contributed by atoms with Crippen molar-refractivity contribution < 1.29 is 36.2 Å². The van der Waals surface area contributed by atoms with Gasteiger partial charge >= 0.3 is 18.3 Å². The van der Waals surface area contributed by atoms with E-state index in [9.17, 15) is 31.1 Å². The van der Waals surface area contributed by atoms with Crippen molar-refractivity contribution in [1.29, 1.82) is 0 Å². The first-order valence-corrected chi connectivity index (χ1v) is 4.76. The van der Waals surface area contributed by atoms with Crippen LogP contribution >= 0.6 is 0 Å². The van der Waals surface area contributed by atoms with E-state index in [4.69, 9.17) is 5.11 Å². The SMILES string of the molecule is O=C(NCc1ccc(C(F)(F)F)c(O)c1)C(F)(F)F. The molecule has 19 heavy (non-hydrogen) atoms. The first-order chi connectivity index (χ1) is 8.51. The molecule has 0 heterocycles. The molecule has 1 aromatic rings. The van der Waals surface area contributed by atoms with Crippen molar-refractivity contribution in [3.8, 4) is 5.75 Å². The van der Waals surface area contributed by atoms with Crippen molar-refractivity contribution in [3.05, 3.63) is 29.3 Å². The highest BCUT2D eigenvalue weighted by molar-refractivity contribution is 5.81. The van der Waals surface area contributed by atoms with Crippen LogP contribution in [0.4, 0.5) is 26.3 Å². The summed E-state index contributed by atoms with van der Waals surface area (Å²) in [5.41, 5.74) is -1.40. The third-order valence-electron chi connectivity index (χ3n) is 2.08. The molecular formula is C10H7F6NO2. The van der Waals surface area contributed by atoms with Gasteiger partial charge in [0.25, 0.3) is 0 Å². The van der Waals surface area contributed by atoms with Gasteiger partial charge < -0.3 is 10.4 Å². The summed E-state index contributed by atoms with van der Waals surface area (Å²) in [4.78, 5) is 10.5. The van der Waals surface area contributed by atoms with Crippen LogP contribution in [0, 0.1) is 0 Å². The number of carbonyl (C=O) groups is 1. The van der Waals surface area contributed by atoms with E-state index in [-0.39, 0.29) is 5.56 Å². The highest BCUT2D eigenvalue weighted by atomic mass is 19.4. The van der Waals surface area contributed by atoms with E-state index in [0.717, 1.165) is 6.07 Å². The van der Waals surface area contributed by atoms with Crippen LogP contribution in [0.3, 0.4) is 0 Å². The summed E-state index contributed by atoms with van der Waals surface area (Å²) in [7, 11) is 0. The molecule has 0 aliphatic heterocycles. The Morgan fingerprint density at radius 2 is 1.74 bits per heavy atom. The fourth-order valence-corrected chi connectivity index (χ4v) is 1.21. The molecule has 0 fully saturated rings. The van der Waals surface area contributed by atoms with Gasteiger partial charge in [-0.15, -0.1) is 0 Å². The number of hydrogen-bond donors (Lipinski definition) is 2. The number of rotatable bonds is 2. The normalized spacial score (nSPS) is 12.3. The minimum absolute atomic E-state index is 0.0944. The zero-order valence-corrected chi connectivity index (χ0v) is 9.06. The number of halogens is 6. The van der Waals surface area contributed by atoms with Crippen LogP contribution in [0.1, 0.15) is 11.1 Å². The molecule has 0 aliphatic rings. The minimum Gasteiger partial charge on any atom is -0.507 e. The maximum absolute atomic E-state index is 12.3. The zero-order chi connectivity index (χ0) is 14.8. The number of nitrogens with one attached hydrogen (secondary N) is 1. The summed E-state index contributed by atoms with van der Waals surface area (Å²) in [5.74, 6) is -3.34. The van der Waals surface area contributed by atoms with Crippen molar-refractivity contribution in [2.45, 2.75) is 18.9 Å². The Kier molecular flexibility index (Phi) is 3.97. The second-order valence-electron chi connectivity index (χ2n) is 3.53. The zero-order valence-electron chi connectivity index (χ0n) is 9.06. The van der Waals surface area contributed by atoms with Crippen LogP contribution in [0.15, 0.2) is 18.2 Å². The molecule has 0 atom stereocenters. The van der Waals surface area contributed by atoms with E-state index < -0.39 is 36.1 Å². The number of benzene rings is 1. The quantitative estimate of drug-likeness (QED) is 0.821. The number of amides is 1. The number of hydrogen-bond acceptors (Lipinski definition) is 2. The number of alkyl halides is 6. The lowest BCUT2D eigenvalue weighted by Crippen LogP contribution is -2.36. The first-order valence-electron chi connectivity index (χ1n) is 4.76. The first kappa shape index (κ1) is 15.1. The number of aromatic hydroxyl groups is 1. The van der Waals surface area contributed by atoms with E-state index >= 15 is 0 Å². The van der Waals surface area contributed by atoms with Crippen LogP contribution in [-0.4, -0.2) is 17.2 Å². The van der Waals surface area contributed by atoms with E-state index in [1.807, 2.05) is 0 Å². The molecule has 9 heteroatoms. The Morgan fingerprint density at radius 1 is 1.16 bits per heavy atom. The number of phenolic OH excluding ortho intramolecular Hbond substituents is 1. The van der Waals surface area contributed by atoms with Gasteiger partial charge in [-0.05, 0) is 17.7 Å². The molecule has 1 aromatic carbocycles. The summed E-state index contributed by atoms with van der Waals surface area (Å²) in [6.07, 6.45) is -9.84. The molecule has 0 unspecified atom stereocenters. The van der Waals surface area contributed by atoms with Crippen LogP contribution < -0.4 is 5.32 Å². The van der Waals surface area contributed by atoms with Gasteiger partial charge in [0.2, 0.25) is 0 Å². The van der Waals surface area contributed by atoms with Crippen molar-refractivity contribution in [2.75, 3.05) is 0 Å². The maximum atomic E-state index is 12.3. The highest BCUT2D eigenvalue weighted by Crippen LogP contribution is 2.35. The minimum atomic E-state index is -5.08. The Balaban J connectivity index is 2.78. The molecule has 106 valence electrons. The summed E-state index contributed by atoms with van der Waals surface area (Å²) < 4.78 is 72.3. The topological polar surface area (TPSA) is 49.3 Å². The van der Waals surface area contributed by atoms with E-state index in [1.54, 1.807) is 0 Å². The van der Waals surface area contributed by atoms with Gasteiger partial charge in [0.15, 0.2) is 0 Å². The van der Waals surface area contributed by atoms with E-state index in [1.165, 1.54) is 5.32 Å². The molecular weight excluding hydrogens is 280 g/mol. The van der Waals surface area contributed by atoms with Crippen molar-refractivity contribution in [3.63, 3.8) is 0 Å². The Morgan fingerprint density at radius 3 is 2.16 bits per heavy atom. The summed E-state index contributed by atoms with van der Waals surface area (Å²) in [5, 5.41) is 10.6. The fraction of sp³-hybridized carbons (Fsp3) is 0.300. The standard InChI is InChI=1S/C10H7F6NO2/c11-9(12,13)6-2-1-5(3-7(6)18)4-17-8(19)10(14,15)16/h1-3,18H,4H2,(H,17,19). The number of carbonyl (C=O) groups excluding carboxylic acids is 1. The van der Waals surface area contributed by atoms with Crippen molar-refractivity contribution >= 4 is 5.91 Å². The summed E-state index contributed by atoms with van der Waals surface area (Å²) in [6, 6.07) is 2.02. The summed E-state index contributed by atoms with van der Waals surface area (Å²) >= 11 is 0. The maximum Gasteiger partial charge on any atom is 0.471 e. The molecule has 0 aliphatic carbocycles. The molecule has 0 spiro atoms. The van der Waals surface area contributed by atoms with Crippen LogP contribution in [0.2, 0.25) is 0 Å². The Bertz CT molecular complexity index is 480. The van der Waals surface area contributed by atoms with Gasteiger partial charge in [-0.1, -0.05) is 6.07 Å². The van der Waals surface area contributed by atoms with Gasteiger partial charge in [0, 0.05) is 6.54 Å². The van der Waals surface area contributed by atoms with Crippen molar-refractivity contribution in [2.24, 2.45) is 0 Å². The lowest BCUT2D eigenvalue weighted by molar-refractivity contribution is -0.173. The van der Waals surface area contributed by atoms with Gasteiger partial charge in [0.05, 0.1) is 5.56 Å². The predicted octanol–water partition coefficient (Wildman–Crippen LogP) is 2.59. The molecule has 0 radical (unpaired) electrons. The number of phenols is 1. The Hall–Kier alpha value is -1.93. The molecule has 0 saturated carbocycles. The van der Waals surface area contributed by atoms with Gasteiger partial charge in [-0.25, -0.2) is 0 Å². The van der Waals surface area contributed by atoms with E-state index in [2.05, 4.69) is 0 Å². The smallest absolute Gasteiger partial charge is 0.471 e. The van der Waals surface area contributed by atoms with Gasteiger partial charge in [0.1, 0.15) is 5.75 Å². The lowest BCUT2D eigenvalue weighted by atomic mass is 10.1. The fourth-order valence-electron chi connectivity index (χ4n) is 1.21. The molecule has 3 nitrogen and oxygen atoms in total. The largest absolute Gasteiger partial charge is 0.507 e. The molecule has 1 rings (SSSR count). The monoisotopic (exact) mass is 287 g/mol. The third-order valence-corrected chi connectivity index (χ3v) is 2.08. The van der Waals surface area contributed by atoms with Crippen LogP contribution in [0.5, 0.6) is 5.75 Å². The molecule has 0 saturated heterocycles. The average Bonchev–Trinajstić information content (AvgIpc) is 2.22. The summed E-state index contributed by atoms with van der Waals surface area (Å²) in [6.45, 7) is -0.649. The molecule has 2 N–H and O–H groups in total.